The van der Waals surface area contributed by atoms with Gasteiger partial charge in [0.1, 0.15) is 12.7 Å². The Balaban J connectivity index is 0.00000112. The molecule has 4 nitrogen and oxygen atoms in total. The van der Waals surface area contributed by atoms with Crippen LogP contribution in [0, 0.1) is 0 Å². The highest BCUT2D eigenvalue weighted by molar-refractivity contribution is 5.94. The lowest BCUT2D eigenvalue weighted by molar-refractivity contribution is 0.101. The molecule has 0 N–H and O–H groups in total. The summed E-state index contributed by atoms with van der Waals surface area (Å²) in [6.07, 6.45) is 3.08. The molecule has 0 saturated carbocycles. The molecule has 0 aliphatic carbocycles. The maximum absolute atomic E-state index is 11.0. The van der Waals surface area contributed by atoms with Crippen LogP contribution in [-0.2, 0) is 0 Å². The highest BCUT2D eigenvalue weighted by Crippen LogP contribution is 2.08. The lowest BCUT2D eigenvalue weighted by atomic mass is 10.1. The van der Waals surface area contributed by atoms with E-state index in [4.69, 9.17) is 0 Å². The Kier molecular flexibility index (Phi) is 3.33. The van der Waals surface area contributed by atoms with Gasteiger partial charge in [-0.1, -0.05) is 7.43 Å². The zero-order chi connectivity index (χ0) is 9.97. The number of carbonyl (C=O) groups excluding carboxylic acids is 1. The van der Waals surface area contributed by atoms with Crippen molar-refractivity contribution in [2.24, 2.45) is 0 Å². The van der Waals surface area contributed by atoms with Crippen molar-refractivity contribution in [1.82, 2.24) is 14.8 Å². The molecule has 78 valence electrons. The van der Waals surface area contributed by atoms with E-state index in [1.165, 1.54) is 6.33 Å². The Morgan fingerprint density at radius 1 is 1.27 bits per heavy atom. The minimum absolute atomic E-state index is 0. The van der Waals surface area contributed by atoms with Crippen LogP contribution in [0.3, 0.4) is 0 Å². The van der Waals surface area contributed by atoms with Crippen LogP contribution in [0.1, 0.15) is 24.7 Å². The van der Waals surface area contributed by atoms with Gasteiger partial charge in [-0.25, -0.2) is 9.67 Å². The smallest absolute Gasteiger partial charge is 0.159 e. The molecule has 1 aromatic heterocycles. The van der Waals surface area contributed by atoms with Crippen molar-refractivity contribution >= 4 is 5.78 Å². The van der Waals surface area contributed by atoms with Gasteiger partial charge in [-0.2, -0.15) is 5.10 Å². The van der Waals surface area contributed by atoms with Crippen molar-refractivity contribution in [3.63, 3.8) is 0 Å². The highest BCUT2D eigenvalue weighted by atomic mass is 16.1. The molecule has 0 amide bonds. The normalized spacial score (nSPS) is 9.40. The summed E-state index contributed by atoms with van der Waals surface area (Å²) in [7, 11) is 0. The molecule has 0 unspecified atom stereocenters. The van der Waals surface area contributed by atoms with E-state index >= 15 is 0 Å². The number of ketones is 1. The van der Waals surface area contributed by atoms with Crippen molar-refractivity contribution in [2.45, 2.75) is 14.4 Å². The molecule has 0 aliphatic heterocycles. The summed E-state index contributed by atoms with van der Waals surface area (Å²) in [5, 5.41) is 3.98. The minimum Gasteiger partial charge on any atom is -0.295 e. The van der Waals surface area contributed by atoms with Crippen LogP contribution in [-0.4, -0.2) is 20.5 Å². The maximum atomic E-state index is 11.0. The lowest BCUT2D eigenvalue weighted by Gasteiger charge is -2.00. The molecule has 15 heavy (non-hydrogen) atoms. The summed E-state index contributed by atoms with van der Waals surface area (Å²) < 4.78 is 1.64. The number of aromatic nitrogens is 3. The Hall–Kier alpha value is -1.97. The average Bonchev–Trinajstić information content (AvgIpc) is 2.71. The Morgan fingerprint density at radius 2 is 1.93 bits per heavy atom. The summed E-state index contributed by atoms with van der Waals surface area (Å²) >= 11 is 0. The first-order chi connectivity index (χ1) is 6.77. The van der Waals surface area contributed by atoms with E-state index in [9.17, 15) is 4.79 Å². The number of hydrogen-bond donors (Lipinski definition) is 0. The molecular weight excluding hydrogens is 190 g/mol. The summed E-state index contributed by atoms with van der Waals surface area (Å²) in [5.74, 6) is 0.0649. The Labute approximate surface area is 88.6 Å². The van der Waals surface area contributed by atoms with Crippen LogP contribution >= 0.6 is 0 Å². The van der Waals surface area contributed by atoms with Gasteiger partial charge in [-0.3, -0.25) is 4.79 Å². The summed E-state index contributed by atoms with van der Waals surface area (Å²) in [5.41, 5.74) is 1.60. The van der Waals surface area contributed by atoms with Crippen molar-refractivity contribution in [3.8, 4) is 5.69 Å². The molecule has 1 aromatic carbocycles. The molecule has 0 spiro atoms. The molecule has 0 radical (unpaired) electrons. The number of rotatable bonds is 2. The van der Waals surface area contributed by atoms with E-state index < -0.39 is 0 Å². The van der Waals surface area contributed by atoms with Gasteiger partial charge in [0.25, 0.3) is 0 Å². The zero-order valence-corrected chi connectivity index (χ0v) is 7.71. The van der Waals surface area contributed by atoms with Crippen LogP contribution in [0.2, 0.25) is 0 Å². The van der Waals surface area contributed by atoms with E-state index in [1.54, 1.807) is 30.1 Å². The fourth-order valence-electron chi connectivity index (χ4n) is 1.19. The highest BCUT2D eigenvalue weighted by Gasteiger charge is 1.99. The number of hydrogen-bond acceptors (Lipinski definition) is 3. The summed E-state index contributed by atoms with van der Waals surface area (Å²) in [6.45, 7) is 1.55. The number of nitrogens with zero attached hydrogens (tertiary/aromatic N) is 3. The van der Waals surface area contributed by atoms with E-state index in [1.807, 2.05) is 12.1 Å². The lowest BCUT2D eigenvalue weighted by Crippen LogP contribution is -1.96. The van der Waals surface area contributed by atoms with E-state index in [-0.39, 0.29) is 13.2 Å². The second-order valence-electron chi connectivity index (χ2n) is 2.94. The first-order valence-corrected chi connectivity index (χ1v) is 4.23. The third-order valence-corrected chi connectivity index (χ3v) is 1.96. The average molecular weight is 203 g/mol. The standard InChI is InChI=1S/C10H9N3O.CH4/c1-8(14)9-2-4-10(5-3-9)13-7-11-6-12-13;/h2-7H,1H3;1H4. The molecule has 0 saturated heterocycles. The first-order valence-electron chi connectivity index (χ1n) is 4.23. The second-order valence-corrected chi connectivity index (χ2v) is 2.94. The van der Waals surface area contributed by atoms with E-state index in [0.717, 1.165) is 5.69 Å². The summed E-state index contributed by atoms with van der Waals surface area (Å²) in [4.78, 5) is 14.8. The predicted octanol–water partition coefficient (Wildman–Crippen LogP) is 2.11. The molecule has 0 aliphatic rings. The van der Waals surface area contributed by atoms with Crippen LogP contribution < -0.4 is 0 Å². The third-order valence-electron chi connectivity index (χ3n) is 1.96. The maximum Gasteiger partial charge on any atom is 0.159 e. The molecule has 0 fully saturated rings. The predicted molar refractivity (Wildman–Crippen MR) is 58.1 cm³/mol. The number of carbonyl (C=O) groups is 1. The number of benzene rings is 1. The largest absolute Gasteiger partial charge is 0.295 e. The van der Waals surface area contributed by atoms with Crippen molar-refractivity contribution < 1.29 is 4.79 Å². The Bertz CT molecular complexity index is 431. The van der Waals surface area contributed by atoms with Gasteiger partial charge in [0.15, 0.2) is 5.78 Å². The molecule has 2 aromatic rings. The molecule has 2 rings (SSSR count). The van der Waals surface area contributed by atoms with Gasteiger partial charge in [0, 0.05) is 5.56 Å². The Morgan fingerprint density at radius 3 is 2.40 bits per heavy atom. The fourth-order valence-corrected chi connectivity index (χ4v) is 1.19. The van der Waals surface area contributed by atoms with Gasteiger partial charge in [0.05, 0.1) is 5.69 Å². The molecule has 1 heterocycles. The number of Topliss-reactive ketones (excluding diaryl/α,β-unsaturated/α-hetero) is 1. The van der Waals surface area contributed by atoms with Gasteiger partial charge < -0.3 is 0 Å². The molecule has 4 heteroatoms. The van der Waals surface area contributed by atoms with Gasteiger partial charge in [0.2, 0.25) is 0 Å². The summed E-state index contributed by atoms with van der Waals surface area (Å²) in [6, 6.07) is 7.23. The molecule has 0 atom stereocenters. The van der Waals surface area contributed by atoms with Crippen LogP contribution in [0.15, 0.2) is 36.9 Å². The second kappa shape index (κ2) is 4.50. The van der Waals surface area contributed by atoms with E-state index in [2.05, 4.69) is 10.1 Å². The van der Waals surface area contributed by atoms with Crippen molar-refractivity contribution in [1.29, 1.82) is 0 Å². The van der Waals surface area contributed by atoms with Gasteiger partial charge >= 0.3 is 0 Å². The zero-order valence-electron chi connectivity index (χ0n) is 7.71. The quantitative estimate of drug-likeness (QED) is 0.702. The molecule has 0 bridgehead atoms. The first kappa shape index (κ1) is 11.1. The van der Waals surface area contributed by atoms with Crippen molar-refractivity contribution in [3.05, 3.63) is 42.5 Å². The molecular formula is C11H13N3O. The fraction of sp³-hybridized carbons (Fsp3) is 0.182. The van der Waals surface area contributed by atoms with Crippen LogP contribution in [0.25, 0.3) is 5.69 Å². The van der Waals surface area contributed by atoms with Crippen LogP contribution in [0.4, 0.5) is 0 Å². The van der Waals surface area contributed by atoms with Gasteiger partial charge in [-0.05, 0) is 31.2 Å². The van der Waals surface area contributed by atoms with Crippen molar-refractivity contribution in [2.75, 3.05) is 0 Å². The van der Waals surface area contributed by atoms with Gasteiger partial charge in [-0.15, -0.1) is 0 Å². The third kappa shape index (κ3) is 2.28. The SMILES string of the molecule is C.CC(=O)c1ccc(-n2cncn2)cc1. The monoisotopic (exact) mass is 203 g/mol. The van der Waals surface area contributed by atoms with E-state index in [0.29, 0.717) is 5.56 Å². The topological polar surface area (TPSA) is 47.8 Å². The van der Waals surface area contributed by atoms with Crippen LogP contribution in [0.5, 0.6) is 0 Å². The minimum atomic E-state index is 0.